The Hall–Kier alpha value is -3.47. The Bertz CT molecular complexity index is 1010. The summed E-state index contributed by atoms with van der Waals surface area (Å²) >= 11 is 0. The molecule has 1 aliphatic heterocycles. The summed E-state index contributed by atoms with van der Waals surface area (Å²) in [5, 5.41) is 27.2. The van der Waals surface area contributed by atoms with Crippen LogP contribution in [-0.2, 0) is 4.79 Å². The topological polar surface area (TPSA) is 120 Å². The lowest BCUT2D eigenvalue weighted by Crippen LogP contribution is -2.21. The zero-order chi connectivity index (χ0) is 16.0. The predicted molar refractivity (Wildman–Crippen MR) is 79.2 cm³/mol. The summed E-state index contributed by atoms with van der Waals surface area (Å²) in [6.45, 7) is 1.41. The van der Waals surface area contributed by atoms with Crippen molar-refractivity contribution in [3.63, 3.8) is 0 Å². The van der Waals surface area contributed by atoms with E-state index in [4.69, 9.17) is 4.63 Å². The number of anilines is 1. The second kappa shape index (κ2) is 4.78. The number of hydrogen-bond donors (Lipinski definition) is 2. The Morgan fingerprint density at radius 1 is 1.35 bits per heavy atom. The first-order valence-electron chi connectivity index (χ1n) is 6.87. The average Bonchev–Trinajstić information content (AvgIpc) is 3.20. The van der Waals surface area contributed by atoms with Crippen molar-refractivity contribution in [2.75, 3.05) is 5.32 Å². The summed E-state index contributed by atoms with van der Waals surface area (Å²) in [5.41, 5.74) is 3.22. The van der Waals surface area contributed by atoms with Gasteiger partial charge in [0.2, 0.25) is 0 Å². The summed E-state index contributed by atoms with van der Waals surface area (Å²) in [4.78, 5) is 11.9. The lowest BCUT2D eigenvalue weighted by atomic mass is 9.82. The summed E-state index contributed by atoms with van der Waals surface area (Å²) in [7, 11) is 0. The number of carbonyl (C=O) groups excluding carboxylic acids is 1. The van der Waals surface area contributed by atoms with E-state index in [9.17, 15) is 10.1 Å². The molecule has 112 valence electrons. The molecular weight excluding hydrogens is 296 g/mol. The van der Waals surface area contributed by atoms with Gasteiger partial charge in [-0.1, -0.05) is 12.1 Å². The fourth-order valence-electron chi connectivity index (χ4n) is 2.89. The number of aromatic nitrogens is 4. The van der Waals surface area contributed by atoms with Crippen LogP contribution in [0.25, 0.3) is 11.0 Å². The van der Waals surface area contributed by atoms with E-state index in [1.807, 2.05) is 12.1 Å². The number of benzene rings is 1. The van der Waals surface area contributed by atoms with Crippen LogP contribution in [0.3, 0.4) is 0 Å². The number of nitriles is 1. The maximum atomic E-state index is 11.9. The van der Waals surface area contributed by atoms with E-state index in [0.717, 1.165) is 11.1 Å². The largest absolute Gasteiger partial charge is 0.335 e. The number of Topliss-reactive ketones (excluding diaryl/α,β-unsaturated/α-hetero) is 1. The highest BCUT2D eigenvalue weighted by atomic mass is 16.6. The van der Waals surface area contributed by atoms with E-state index < -0.39 is 5.92 Å². The molecule has 8 nitrogen and oxygen atoms in total. The van der Waals surface area contributed by atoms with E-state index in [0.29, 0.717) is 22.4 Å². The number of nitrogens with zero attached hydrogens (tertiary/aromatic N) is 4. The lowest BCUT2D eigenvalue weighted by molar-refractivity contribution is -0.113. The predicted octanol–water partition coefficient (Wildman–Crippen LogP) is 1.87. The van der Waals surface area contributed by atoms with Crippen LogP contribution in [0.2, 0.25) is 0 Å². The van der Waals surface area contributed by atoms with Gasteiger partial charge in [-0.05, 0) is 21.9 Å². The zero-order valence-electron chi connectivity index (χ0n) is 12.0. The van der Waals surface area contributed by atoms with E-state index in [-0.39, 0.29) is 11.5 Å². The molecule has 0 spiro atoms. The minimum absolute atomic E-state index is 0.231. The van der Waals surface area contributed by atoms with Gasteiger partial charge in [0, 0.05) is 18.7 Å². The summed E-state index contributed by atoms with van der Waals surface area (Å²) < 4.78 is 4.80. The Balaban J connectivity index is 2.04. The minimum atomic E-state index is -0.468. The van der Waals surface area contributed by atoms with Crippen molar-refractivity contribution in [3.8, 4) is 6.07 Å². The number of allylic oxidation sites excluding steroid dienone is 2. The molecule has 0 bridgehead atoms. The first kappa shape index (κ1) is 13.2. The second-order valence-electron chi connectivity index (χ2n) is 5.18. The van der Waals surface area contributed by atoms with E-state index in [1.54, 1.807) is 12.3 Å². The van der Waals surface area contributed by atoms with Crippen molar-refractivity contribution in [3.05, 3.63) is 46.8 Å². The number of H-pyrrole nitrogens is 1. The number of carbonyl (C=O) groups is 1. The fourth-order valence-corrected chi connectivity index (χ4v) is 2.89. The first-order valence-corrected chi connectivity index (χ1v) is 6.87. The smallest absolute Gasteiger partial charge is 0.177 e. The molecule has 0 saturated heterocycles. The number of aromatic amines is 1. The molecular formula is C15H10N6O2. The fraction of sp³-hybridized carbons (Fsp3) is 0.133. The number of rotatable bonds is 2. The number of nitrogens with one attached hydrogen (secondary N) is 2. The van der Waals surface area contributed by atoms with Crippen LogP contribution in [0.1, 0.15) is 24.0 Å². The van der Waals surface area contributed by atoms with E-state index in [2.05, 4.69) is 31.9 Å². The molecule has 23 heavy (non-hydrogen) atoms. The first-order chi connectivity index (χ1) is 11.2. The average molecular weight is 306 g/mol. The highest BCUT2D eigenvalue weighted by Gasteiger charge is 2.34. The SMILES string of the molecule is CC(=O)C1=C(C#N)C(c2cccc3nonc23)c2c[nH]nc2N1. The molecule has 8 heteroatoms. The van der Waals surface area contributed by atoms with Gasteiger partial charge in [0.25, 0.3) is 0 Å². The Kier molecular flexibility index (Phi) is 2.74. The van der Waals surface area contributed by atoms with Crippen LogP contribution >= 0.6 is 0 Å². The van der Waals surface area contributed by atoms with Gasteiger partial charge in [-0.2, -0.15) is 10.4 Å². The van der Waals surface area contributed by atoms with Crippen molar-refractivity contribution in [1.82, 2.24) is 20.5 Å². The third-order valence-electron chi connectivity index (χ3n) is 3.88. The van der Waals surface area contributed by atoms with Crippen LogP contribution in [0.15, 0.2) is 40.3 Å². The van der Waals surface area contributed by atoms with Crippen molar-refractivity contribution in [1.29, 1.82) is 5.26 Å². The van der Waals surface area contributed by atoms with Gasteiger partial charge in [0.1, 0.15) is 11.0 Å². The third kappa shape index (κ3) is 1.83. The third-order valence-corrected chi connectivity index (χ3v) is 3.88. The maximum Gasteiger partial charge on any atom is 0.177 e. The van der Waals surface area contributed by atoms with Crippen molar-refractivity contribution in [2.45, 2.75) is 12.8 Å². The molecule has 1 aliphatic rings. The molecule has 2 aromatic heterocycles. The van der Waals surface area contributed by atoms with Gasteiger partial charge < -0.3 is 5.32 Å². The summed E-state index contributed by atoms with van der Waals surface area (Å²) in [6, 6.07) is 7.57. The minimum Gasteiger partial charge on any atom is -0.335 e. The van der Waals surface area contributed by atoms with E-state index in [1.165, 1.54) is 6.92 Å². The Labute approximate surface area is 129 Å². The molecule has 2 N–H and O–H groups in total. The number of hydrogen-bond acceptors (Lipinski definition) is 7. The Morgan fingerprint density at radius 3 is 3.00 bits per heavy atom. The molecule has 1 aromatic carbocycles. The maximum absolute atomic E-state index is 11.9. The van der Waals surface area contributed by atoms with Gasteiger partial charge >= 0.3 is 0 Å². The summed E-state index contributed by atoms with van der Waals surface area (Å²) in [5.74, 6) is -0.178. The number of ketones is 1. The normalized spacial score (nSPS) is 16.8. The van der Waals surface area contributed by atoms with Gasteiger partial charge in [0.05, 0.1) is 23.3 Å². The highest BCUT2D eigenvalue weighted by Crippen LogP contribution is 2.42. The molecule has 0 aliphatic carbocycles. The molecule has 1 unspecified atom stereocenters. The highest BCUT2D eigenvalue weighted by molar-refractivity contribution is 5.99. The van der Waals surface area contributed by atoms with Gasteiger partial charge in [0.15, 0.2) is 11.6 Å². The molecule has 1 atom stereocenters. The summed E-state index contributed by atoms with van der Waals surface area (Å²) in [6.07, 6.45) is 1.70. The second-order valence-corrected chi connectivity index (χ2v) is 5.18. The molecule has 3 heterocycles. The zero-order valence-corrected chi connectivity index (χ0v) is 12.0. The van der Waals surface area contributed by atoms with Crippen molar-refractivity contribution in [2.24, 2.45) is 0 Å². The molecule has 4 rings (SSSR count). The standard InChI is InChI=1S/C15H10N6O2/c1-7(22)13-9(5-16)12(10-6-17-19-15(10)18-13)8-3-2-4-11-14(8)21-23-20-11/h2-4,6,12H,1H3,(H2,17,18,19). The quantitative estimate of drug-likeness (QED) is 0.741. The van der Waals surface area contributed by atoms with Gasteiger partial charge in [-0.25, -0.2) is 4.63 Å². The van der Waals surface area contributed by atoms with Gasteiger partial charge in [-0.15, -0.1) is 0 Å². The monoisotopic (exact) mass is 306 g/mol. The van der Waals surface area contributed by atoms with Crippen molar-refractivity contribution < 1.29 is 9.42 Å². The molecule has 0 amide bonds. The van der Waals surface area contributed by atoms with Crippen LogP contribution < -0.4 is 5.32 Å². The Morgan fingerprint density at radius 2 is 2.22 bits per heavy atom. The van der Waals surface area contributed by atoms with Crippen LogP contribution in [0, 0.1) is 11.3 Å². The van der Waals surface area contributed by atoms with E-state index >= 15 is 0 Å². The van der Waals surface area contributed by atoms with Crippen LogP contribution in [0.4, 0.5) is 5.82 Å². The molecule has 0 fully saturated rings. The number of fused-ring (bicyclic) bond motifs is 2. The molecule has 0 saturated carbocycles. The molecule has 3 aromatic rings. The van der Waals surface area contributed by atoms with Gasteiger partial charge in [-0.3, -0.25) is 9.89 Å². The lowest BCUT2D eigenvalue weighted by Gasteiger charge is -2.24. The van der Waals surface area contributed by atoms with Crippen LogP contribution in [0.5, 0.6) is 0 Å². The van der Waals surface area contributed by atoms with Crippen LogP contribution in [-0.4, -0.2) is 26.3 Å². The molecule has 0 radical (unpaired) electrons. The van der Waals surface area contributed by atoms with Crippen molar-refractivity contribution >= 4 is 22.6 Å².